The molecule has 3 nitrogen and oxygen atoms in total. The number of benzene rings is 2. The lowest BCUT2D eigenvalue weighted by Gasteiger charge is -2.19. The van der Waals surface area contributed by atoms with Crippen molar-refractivity contribution in [2.75, 3.05) is 13.1 Å². The normalized spacial score (nSPS) is 15.7. The van der Waals surface area contributed by atoms with Crippen molar-refractivity contribution < 1.29 is 4.42 Å². The molecule has 1 fully saturated rings. The molecule has 116 valence electrons. The van der Waals surface area contributed by atoms with Crippen LogP contribution in [0.1, 0.15) is 24.7 Å². The van der Waals surface area contributed by atoms with Crippen molar-refractivity contribution in [1.29, 1.82) is 0 Å². The van der Waals surface area contributed by atoms with E-state index < -0.39 is 0 Å². The van der Waals surface area contributed by atoms with Gasteiger partial charge < -0.3 is 9.73 Å². The molecule has 0 bridgehead atoms. The first-order chi connectivity index (χ1) is 11.4. The van der Waals surface area contributed by atoms with Gasteiger partial charge in [0.1, 0.15) is 5.69 Å². The van der Waals surface area contributed by atoms with Gasteiger partial charge in [-0.15, -0.1) is 0 Å². The predicted octanol–water partition coefficient (Wildman–Crippen LogP) is 4.48. The monoisotopic (exact) mass is 304 g/mol. The lowest BCUT2D eigenvalue weighted by molar-refractivity contribution is 0.378. The van der Waals surface area contributed by atoms with Gasteiger partial charge in [0, 0.05) is 17.0 Å². The summed E-state index contributed by atoms with van der Waals surface area (Å²) in [4.78, 5) is 4.89. The molecule has 0 spiro atoms. The van der Waals surface area contributed by atoms with E-state index in [1.807, 2.05) is 36.4 Å². The summed E-state index contributed by atoms with van der Waals surface area (Å²) in [7, 11) is 0. The Bertz CT molecular complexity index is 702. The van der Waals surface area contributed by atoms with Crippen molar-refractivity contribution in [3.05, 3.63) is 66.6 Å². The average molecular weight is 304 g/mol. The third-order valence-corrected chi connectivity index (χ3v) is 4.42. The van der Waals surface area contributed by atoms with Gasteiger partial charge in [-0.2, -0.15) is 0 Å². The summed E-state index contributed by atoms with van der Waals surface area (Å²) in [5.74, 6) is 2.17. The molecule has 2 heterocycles. The van der Waals surface area contributed by atoms with Crippen LogP contribution in [0.4, 0.5) is 0 Å². The van der Waals surface area contributed by atoms with Gasteiger partial charge in [0.05, 0.1) is 0 Å². The maximum absolute atomic E-state index is 6.26. The van der Waals surface area contributed by atoms with E-state index in [1.54, 1.807) is 0 Å². The molecule has 23 heavy (non-hydrogen) atoms. The maximum Gasteiger partial charge on any atom is 0.198 e. The molecule has 0 atom stereocenters. The van der Waals surface area contributed by atoms with Crippen molar-refractivity contribution >= 4 is 0 Å². The molecule has 2 aromatic carbocycles. The van der Waals surface area contributed by atoms with Gasteiger partial charge in [-0.25, -0.2) is 4.98 Å². The van der Waals surface area contributed by atoms with Crippen LogP contribution in [0.15, 0.2) is 65.1 Å². The Balaban J connectivity index is 1.81. The summed E-state index contributed by atoms with van der Waals surface area (Å²) in [5, 5.41) is 3.40. The van der Waals surface area contributed by atoms with Crippen LogP contribution >= 0.6 is 0 Å². The Labute approximate surface area is 136 Å². The number of aromatic nitrogens is 1. The van der Waals surface area contributed by atoms with Gasteiger partial charge in [-0.05, 0) is 25.9 Å². The molecule has 0 aliphatic carbocycles. The Kier molecular flexibility index (Phi) is 3.95. The number of piperidine rings is 1. The number of nitrogens with zero attached hydrogens (tertiary/aromatic N) is 1. The zero-order chi connectivity index (χ0) is 15.5. The molecule has 1 saturated heterocycles. The van der Waals surface area contributed by atoms with E-state index in [4.69, 9.17) is 9.40 Å². The van der Waals surface area contributed by atoms with Gasteiger partial charge in [-0.3, -0.25) is 0 Å². The second-order valence-corrected chi connectivity index (χ2v) is 5.99. The van der Waals surface area contributed by atoms with Gasteiger partial charge in [0.25, 0.3) is 0 Å². The van der Waals surface area contributed by atoms with E-state index >= 15 is 0 Å². The van der Waals surface area contributed by atoms with E-state index in [0.717, 1.165) is 54.4 Å². The minimum Gasteiger partial charge on any atom is -0.440 e. The number of rotatable bonds is 3. The van der Waals surface area contributed by atoms with Crippen molar-refractivity contribution in [1.82, 2.24) is 10.3 Å². The predicted molar refractivity (Wildman–Crippen MR) is 92.2 cm³/mol. The molecule has 1 aliphatic rings. The number of oxazole rings is 1. The Morgan fingerprint density at radius 3 is 2.09 bits per heavy atom. The highest BCUT2D eigenvalue weighted by Gasteiger charge is 2.24. The van der Waals surface area contributed by atoms with Crippen molar-refractivity contribution in [3.63, 3.8) is 0 Å². The van der Waals surface area contributed by atoms with Gasteiger partial charge in [0.2, 0.25) is 0 Å². The zero-order valence-electron chi connectivity index (χ0n) is 13.0. The summed E-state index contributed by atoms with van der Waals surface area (Å²) in [6, 6.07) is 20.6. The minimum absolute atomic E-state index is 0.413. The van der Waals surface area contributed by atoms with Crippen molar-refractivity contribution in [2.24, 2.45) is 0 Å². The van der Waals surface area contributed by atoms with E-state index in [9.17, 15) is 0 Å². The van der Waals surface area contributed by atoms with Crippen LogP contribution in [0.2, 0.25) is 0 Å². The smallest absolute Gasteiger partial charge is 0.198 e. The SMILES string of the molecule is c1ccc(-c2nc(C3CCNCC3)oc2-c2ccccc2)cc1. The van der Waals surface area contributed by atoms with E-state index in [1.165, 1.54) is 0 Å². The minimum atomic E-state index is 0.413. The summed E-state index contributed by atoms with van der Waals surface area (Å²) in [6.45, 7) is 2.07. The first-order valence-electron chi connectivity index (χ1n) is 8.24. The van der Waals surface area contributed by atoms with Gasteiger partial charge >= 0.3 is 0 Å². The quantitative estimate of drug-likeness (QED) is 0.775. The highest BCUT2D eigenvalue weighted by Crippen LogP contribution is 2.36. The standard InChI is InChI=1S/C20H20N2O/c1-3-7-15(8-4-1)18-19(16-9-5-2-6-10-16)23-20(22-18)17-11-13-21-14-12-17/h1-10,17,21H,11-14H2. The first kappa shape index (κ1) is 14.2. The molecule has 0 radical (unpaired) electrons. The summed E-state index contributed by atoms with van der Waals surface area (Å²) in [5.41, 5.74) is 3.14. The Morgan fingerprint density at radius 1 is 0.826 bits per heavy atom. The average Bonchev–Trinajstić information content (AvgIpc) is 3.09. The number of hydrogen-bond donors (Lipinski definition) is 1. The second-order valence-electron chi connectivity index (χ2n) is 5.99. The molecule has 0 amide bonds. The maximum atomic E-state index is 6.26. The van der Waals surface area contributed by atoms with Crippen LogP contribution < -0.4 is 5.32 Å². The molecule has 0 saturated carbocycles. The second kappa shape index (κ2) is 6.39. The van der Waals surface area contributed by atoms with E-state index in [0.29, 0.717) is 5.92 Å². The largest absolute Gasteiger partial charge is 0.440 e. The molecule has 3 aromatic rings. The highest BCUT2D eigenvalue weighted by atomic mass is 16.4. The van der Waals surface area contributed by atoms with Crippen LogP contribution in [-0.2, 0) is 0 Å². The van der Waals surface area contributed by atoms with Crippen molar-refractivity contribution in [2.45, 2.75) is 18.8 Å². The number of nitrogens with one attached hydrogen (secondary N) is 1. The molecular formula is C20H20N2O. The third-order valence-electron chi connectivity index (χ3n) is 4.42. The molecule has 0 unspecified atom stereocenters. The van der Waals surface area contributed by atoms with Crippen LogP contribution in [-0.4, -0.2) is 18.1 Å². The van der Waals surface area contributed by atoms with Gasteiger partial charge in [0.15, 0.2) is 11.7 Å². The topological polar surface area (TPSA) is 38.1 Å². The molecular weight excluding hydrogens is 284 g/mol. The fourth-order valence-corrected chi connectivity index (χ4v) is 3.16. The van der Waals surface area contributed by atoms with Crippen LogP contribution in [0.5, 0.6) is 0 Å². The van der Waals surface area contributed by atoms with Crippen molar-refractivity contribution in [3.8, 4) is 22.6 Å². The third kappa shape index (κ3) is 2.92. The zero-order valence-corrected chi connectivity index (χ0v) is 13.0. The Morgan fingerprint density at radius 2 is 1.43 bits per heavy atom. The van der Waals surface area contributed by atoms with E-state index in [-0.39, 0.29) is 0 Å². The molecule has 4 rings (SSSR count). The highest BCUT2D eigenvalue weighted by molar-refractivity contribution is 5.76. The van der Waals surface area contributed by atoms with Crippen LogP contribution in [0.25, 0.3) is 22.6 Å². The lowest BCUT2D eigenvalue weighted by Crippen LogP contribution is -2.26. The summed E-state index contributed by atoms with van der Waals surface area (Å²) in [6.07, 6.45) is 2.17. The molecule has 1 N–H and O–H groups in total. The fraction of sp³-hybridized carbons (Fsp3) is 0.250. The summed E-state index contributed by atoms with van der Waals surface area (Å²) < 4.78 is 6.26. The Hall–Kier alpha value is -2.39. The fourth-order valence-electron chi connectivity index (χ4n) is 3.16. The molecule has 1 aliphatic heterocycles. The van der Waals surface area contributed by atoms with Gasteiger partial charge in [-0.1, -0.05) is 60.7 Å². The molecule has 1 aromatic heterocycles. The van der Waals surface area contributed by atoms with Crippen LogP contribution in [0, 0.1) is 0 Å². The first-order valence-corrected chi connectivity index (χ1v) is 8.24. The number of hydrogen-bond acceptors (Lipinski definition) is 3. The summed E-state index contributed by atoms with van der Waals surface area (Å²) >= 11 is 0. The molecule has 3 heteroatoms. The van der Waals surface area contributed by atoms with E-state index in [2.05, 4.69) is 29.6 Å². The van der Waals surface area contributed by atoms with Crippen LogP contribution in [0.3, 0.4) is 0 Å². The lowest BCUT2D eigenvalue weighted by atomic mass is 9.98.